The fourth-order valence-corrected chi connectivity index (χ4v) is 5.92. The van der Waals surface area contributed by atoms with Crippen LogP contribution in [0.5, 0.6) is 0 Å². The molecule has 0 radical (unpaired) electrons. The van der Waals surface area contributed by atoms with Crippen LogP contribution in [0.25, 0.3) is 0 Å². The molecule has 0 saturated carbocycles. The number of amides is 1. The van der Waals surface area contributed by atoms with Crippen LogP contribution in [-0.4, -0.2) is 46.9 Å². The number of nitrogens with one attached hydrogen (secondary N) is 1. The highest BCUT2D eigenvalue weighted by molar-refractivity contribution is 5.77. The van der Waals surface area contributed by atoms with E-state index in [-0.39, 0.29) is 24.9 Å². The molecule has 0 aromatic heterocycles. The van der Waals surface area contributed by atoms with Crippen LogP contribution in [0.2, 0.25) is 0 Å². The number of allylic oxidation sites excluding steroid dienone is 11. The molecule has 0 bridgehead atoms. The first-order valence-corrected chi connectivity index (χ1v) is 21.2. The minimum absolute atomic E-state index is 0.0247. The number of aliphatic hydroxyl groups excluding tert-OH is 2. The molecule has 3 atom stereocenters. The Balaban J connectivity index is 4.76. The maximum atomic E-state index is 13.0. The lowest BCUT2D eigenvalue weighted by molar-refractivity contribution is -0.150. The van der Waals surface area contributed by atoms with Gasteiger partial charge in [-0.1, -0.05) is 196 Å². The second-order valence-corrected chi connectivity index (χ2v) is 14.1. The minimum Gasteiger partial charge on any atom is -0.461 e. The number of unbranched alkanes of at least 4 members (excludes halogenated alkanes) is 17. The van der Waals surface area contributed by atoms with Gasteiger partial charge >= 0.3 is 5.97 Å². The van der Waals surface area contributed by atoms with E-state index in [1.807, 2.05) is 54.7 Å². The maximum Gasteiger partial charge on any atom is 0.306 e. The third-order valence-electron chi connectivity index (χ3n) is 9.13. The zero-order chi connectivity index (χ0) is 38.2. The number of hydrogen-bond donors (Lipinski definition) is 3. The zero-order valence-electron chi connectivity index (χ0n) is 33.7. The lowest BCUT2D eigenvalue weighted by atomic mass is 10.0. The van der Waals surface area contributed by atoms with Gasteiger partial charge in [-0.2, -0.15) is 0 Å². The van der Waals surface area contributed by atoms with Gasteiger partial charge in [0.2, 0.25) is 5.91 Å². The number of carbonyl (C=O) groups excluding carboxylic acids is 2. The van der Waals surface area contributed by atoms with Gasteiger partial charge in [-0.15, -0.1) is 0 Å². The van der Waals surface area contributed by atoms with Crippen molar-refractivity contribution in [2.75, 3.05) is 6.61 Å². The van der Waals surface area contributed by atoms with E-state index in [4.69, 9.17) is 4.74 Å². The summed E-state index contributed by atoms with van der Waals surface area (Å²) in [5.41, 5.74) is 0. The fourth-order valence-electron chi connectivity index (χ4n) is 5.92. The molecule has 0 heterocycles. The lowest BCUT2D eigenvalue weighted by Crippen LogP contribution is -2.46. The summed E-state index contributed by atoms with van der Waals surface area (Å²) < 4.78 is 5.78. The Bertz CT molecular complexity index is 995. The monoisotopic (exact) mass is 726 g/mol. The lowest BCUT2D eigenvalue weighted by Gasteiger charge is -2.24. The van der Waals surface area contributed by atoms with Crippen molar-refractivity contribution in [2.24, 2.45) is 0 Å². The molecule has 1 amide bonds. The van der Waals surface area contributed by atoms with E-state index in [2.05, 4.69) is 44.3 Å². The first-order chi connectivity index (χ1) is 25.5. The van der Waals surface area contributed by atoms with Gasteiger partial charge in [-0.05, 0) is 38.5 Å². The molecule has 3 N–H and O–H groups in total. The Morgan fingerprint density at radius 1 is 0.596 bits per heavy atom. The van der Waals surface area contributed by atoms with Crippen molar-refractivity contribution in [1.82, 2.24) is 5.32 Å². The normalized spacial score (nSPS) is 14.2. The molecule has 52 heavy (non-hydrogen) atoms. The van der Waals surface area contributed by atoms with Crippen molar-refractivity contribution in [1.29, 1.82) is 0 Å². The Kier molecular flexibility index (Phi) is 37.5. The molecule has 3 unspecified atom stereocenters. The number of aliphatic hydroxyl groups is 2. The maximum absolute atomic E-state index is 13.0. The van der Waals surface area contributed by atoms with Gasteiger partial charge in [0.1, 0.15) is 6.10 Å². The Labute approximate surface area is 320 Å². The number of carbonyl (C=O) groups is 2. The van der Waals surface area contributed by atoms with Gasteiger partial charge in [-0.3, -0.25) is 9.59 Å². The molecule has 0 aliphatic heterocycles. The molecule has 0 spiro atoms. The van der Waals surface area contributed by atoms with Crippen molar-refractivity contribution >= 4 is 11.9 Å². The highest BCUT2D eigenvalue weighted by Crippen LogP contribution is 2.15. The van der Waals surface area contributed by atoms with Crippen LogP contribution < -0.4 is 5.32 Å². The van der Waals surface area contributed by atoms with Crippen LogP contribution in [0.4, 0.5) is 0 Å². The molecule has 298 valence electrons. The molecule has 0 rings (SSSR count). The molecule has 0 fully saturated rings. The summed E-state index contributed by atoms with van der Waals surface area (Å²) in [5, 5.41) is 23.5. The standard InChI is InChI=1S/C46H79NO5/c1-4-7-10-13-16-19-22-24-26-29-32-35-38-44(49)43(41-48)47-45(50)40-42(37-34-31-28-25-23-20-17-14-11-8-5-2)52-46(51)39-36-33-30-27-21-18-15-12-9-6-3/h8,11-12,14-15,17,20,23,25,28,31,34,42-44,48-49H,4-7,9-10,13,16,18-19,21-22,24,26-27,29-30,32-33,35-41H2,1-3H3,(H,47,50)/b11-8+,15-12-,17-14+,23-20-,28-25-,34-31+. The number of esters is 1. The van der Waals surface area contributed by atoms with Crippen LogP contribution in [0, 0.1) is 0 Å². The molecule has 6 nitrogen and oxygen atoms in total. The second-order valence-electron chi connectivity index (χ2n) is 14.1. The second kappa shape index (κ2) is 39.5. The van der Waals surface area contributed by atoms with E-state index in [9.17, 15) is 19.8 Å². The summed E-state index contributed by atoms with van der Waals surface area (Å²) in [7, 11) is 0. The first kappa shape index (κ1) is 49.3. The summed E-state index contributed by atoms with van der Waals surface area (Å²) in [6.45, 7) is 6.20. The minimum atomic E-state index is -0.818. The van der Waals surface area contributed by atoms with Crippen LogP contribution in [-0.2, 0) is 14.3 Å². The molecule has 0 aliphatic carbocycles. The average molecular weight is 726 g/mol. The van der Waals surface area contributed by atoms with E-state index in [0.29, 0.717) is 19.3 Å². The van der Waals surface area contributed by atoms with Crippen LogP contribution in [0.3, 0.4) is 0 Å². The van der Waals surface area contributed by atoms with Crippen molar-refractivity contribution in [2.45, 2.75) is 200 Å². The molecule has 0 saturated heterocycles. The number of hydrogen-bond acceptors (Lipinski definition) is 5. The zero-order valence-corrected chi connectivity index (χ0v) is 33.7. The van der Waals surface area contributed by atoms with Crippen molar-refractivity contribution in [3.8, 4) is 0 Å². The molecular weight excluding hydrogens is 647 g/mol. The van der Waals surface area contributed by atoms with Crippen molar-refractivity contribution in [3.63, 3.8) is 0 Å². The Morgan fingerprint density at radius 3 is 1.69 bits per heavy atom. The molecule has 0 aromatic rings. The van der Waals surface area contributed by atoms with Crippen molar-refractivity contribution < 1.29 is 24.5 Å². The van der Waals surface area contributed by atoms with Gasteiger partial charge in [0.15, 0.2) is 0 Å². The van der Waals surface area contributed by atoms with Gasteiger partial charge in [0, 0.05) is 12.8 Å². The Morgan fingerprint density at radius 2 is 1.12 bits per heavy atom. The largest absolute Gasteiger partial charge is 0.461 e. The van der Waals surface area contributed by atoms with Gasteiger partial charge in [0.05, 0.1) is 25.2 Å². The highest BCUT2D eigenvalue weighted by atomic mass is 16.5. The quantitative estimate of drug-likeness (QED) is 0.0259. The molecule has 0 aliphatic rings. The summed E-state index contributed by atoms with van der Waals surface area (Å²) in [4.78, 5) is 25.8. The van der Waals surface area contributed by atoms with E-state index in [0.717, 1.165) is 64.2 Å². The van der Waals surface area contributed by atoms with Gasteiger partial charge in [0.25, 0.3) is 0 Å². The summed E-state index contributed by atoms with van der Waals surface area (Å²) in [6.07, 6.45) is 48.4. The van der Waals surface area contributed by atoms with Crippen LogP contribution in [0.15, 0.2) is 72.9 Å². The molecular formula is C46H79NO5. The SMILES string of the molecule is CC/C=C/C=C/C=C\C=C/C=C/CC(CC(=O)NC(CO)C(O)CCCCCCCCCCCCCC)OC(=O)CCCCCCC/C=C\CCC. The van der Waals surface area contributed by atoms with Crippen LogP contribution in [0.1, 0.15) is 181 Å². The Hall–Kier alpha value is -2.70. The topological polar surface area (TPSA) is 95.9 Å². The van der Waals surface area contributed by atoms with Gasteiger partial charge < -0.3 is 20.3 Å². The van der Waals surface area contributed by atoms with E-state index < -0.39 is 18.2 Å². The van der Waals surface area contributed by atoms with Gasteiger partial charge in [-0.25, -0.2) is 0 Å². The van der Waals surface area contributed by atoms with E-state index >= 15 is 0 Å². The number of rotatable bonds is 36. The fraction of sp³-hybridized carbons (Fsp3) is 0.696. The number of ether oxygens (including phenoxy) is 1. The van der Waals surface area contributed by atoms with Crippen LogP contribution >= 0.6 is 0 Å². The first-order valence-electron chi connectivity index (χ1n) is 21.2. The summed E-state index contributed by atoms with van der Waals surface area (Å²) in [6, 6.07) is -0.740. The van der Waals surface area contributed by atoms with E-state index in [1.54, 1.807) is 0 Å². The van der Waals surface area contributed by atoms with E-state index in [1.165, 1.54) is 70.6 Å². The third-order valence-corrected chi connectivity index (χ3v) is 9.13. The molecule has 0 aromatic carbocycles. The summed E-state index contributed by atoms with van der Waals surface area (Å²) in [5.74, 6) is -0.629. The highest BCUT2D eigenvalue weighted by Gasteiger charge is 2.23. The third kappa shape index (κ3) is 34.4. The predicted molar refractivity (Wildman–Crippen MR) is 222 cm³/mol. The average Bonchev–Trinajstić information content (AvgIpc) is 3.13. The smallest absolute Gasteiger partial charge is 0.306 e. The predicted octanol–water partition coefficient (Wildman–Crippen LogP) is 11.9. The molecule has 6 heteroatoms. The van der Waals surface area contributed by atoms with Crippen molar-refractivity contribution in [3.05, 3.63) is 72.9 Å². The summed E-state index contributed by atoms with van der Waals surface area (Å²) >= 11 is 0.